The minimum atomic E-state index is -0.277. The van der Waals surface area contributed by atoms with Gasteiger partial charge in [-0.2, -0.15) is 0 Å². The number of amides is 2. The third-order valence-corrected chi connectivity index (χ3v) is 6.62. The highest BCUT2D eigenvalue weighted by atomic mass is 35.5. The van der Waals surface area contributed by atoms with Gasteiger partial charge < -0.3 is 4.90 Å². The van der Waals surface area contributed by atoms with Crippen molar-refractivity contribution in [2.45, 2.75) is 25.7 Å². The summed E-state index contributed by atoms with van der Waals surface area (Å²) in [6.45, 7) is 0.802. The van der Waals surface area contributed by atoms with E-state index in [1.165, 1.54) is 16.9 Å². The van der Waals surface area contributed by atoms with Gasteiger partial charge in [-0.15, -0.1) is 11.3 Å². The molecule has 1 N–H and O–H groups in total. The van der Waals surface area contributed by atoms with Gasteiger partial charge in [-0.25, -0.2) is 4.98 Å². The zero-order valence-corrected chi connectivity index (χ0v) is 17.8. The Morgan fingerprint density at radius 2 is 2.00 bits per heavy atom. The van der Waals surface area contributed by atoms with Gasteiger partial charge >= 0.3 is 0 Å². The van der Waals surface area contributed by atoms with Gasteiger partial charge in [-0.1, -0.05) is 29.8 Å². The largest absolute Gasteiger partial charge is 0.312 e. The van der Waals surface area contributed by atoms with Gasteiger partial charge in [0, 0.05) is 29.1 Å². The average Bonchev–Trinajstić information content (AvgIpc) is 3.51. The van der Waals surface area contributed by atoms with E-state index in [1.807, 2.05) is 22.4 Å². The summed E-state index contributed by atoms with van der Waals surface area (Å²) >= 11 is 7.48. The lowest BCUT2D eigenvalue weighted by molar-refractivity contribution is -0.119. The van der Waals surface area contributed by atoms with Crippen molar-refractivity contribution in [1.29, 1.82) is 0 Å². The maximum absolute atomic E-state index is 12.6. The molecule has 1 aromatic heterocycles. The van der Waals surface area contributed by atoms with Gasteiger partial charge in [0.2, 0.25) is 5.91 Å². The van der Waals surface area contributed by atoms with Crippen LogP contribution in [0.2, 0.25) is 5.02 Å². The molecule has 0 atom stereocenters. The molecule has 2 amide bonds. The van der Waals surface area contributed by atoms with Gasteiger partial charge in [0.1, 0.15) is 0 Å². The van der Waals surface area contributed by atoms with E-state index in [9.17, 15) is 9.59 Å². The van der Waals surface area contributed by atoms with Gasteiger partial charge in [-0.3, -0.25) is 14.9 Å². The van der Waals surface area contributed by atoms with Crippen LogP contribution in [0.1, 0.15) is 35.2 Å². The minimum Gasteiger partial charge on any atom is -0.312 e. The van der Waals surface area contributed by atoms with Crippen LogP contribution in [-0.2, 0) is 11.2 Å². The predicted molar refractivity (Wildman–Crippen MR) is 120 cm³/mol. The monoisotopic (exact) mass is 437 g/mol. The van der Waals surface area contributed by atoms with Gasteiger partial charge in [0.15, 0.2) is 5.13 Å². The first-order valence-electron chi connectivity index (χ1n) is 10.1. The molecule has 152 valence electrons. The van der Waals surface area contributed by atoms with Crippen LogP contribution in [-0.4, -0.2) is 23.3 Å². The number of benzene rings is 2. The van der Waals surface area contributed by atoms with Crippen molar-refractivity contribution in [3.8, 4) is 11.3 Å². The quantitative estimate of drug-likeness (QED) is 0.594. The summed E-state index contributed by atoms with van der Waals surface area (Å²) in [6, 6.07) is 13.1. The summed E-state index contributed by atoms with van der Waals surface area (Å²) in [6.07, 6.45) is 3.97. The van der Waals surface area contributed by atoms with Gasteiger partial charge in [-0.05, 0) is 55.5 Å². The zero-order valence-electron chi connectivity index (χ0n) is 16.2. The van der Waals surface area contributed by atoms with Crippen LogP contribution >= 0.6 is 22.9 Å². The molecule has 0 radical (unpaired) electrons. The van der Waals surface area contributed by atoms with E-state index in [1.54, 1.807) is 24.3 Å². The second-order valence-corrected chi connectivity index (χ2v) is 8.95. The number of hydrogen-bond donors (Lipinski definition) is 1. The first-order valence-corrected chi connectivity index (χ1v) is 11.3. The summed E-state index contributed by atoms with van der Waals surface area (Å²) in [7, 11) is 0. The molecule has 5 rings (SSSR count). The van der Waals surface area contributed by atoms with Gasteiger partial charge in [0.25, 0.3) is 5.91 Å². The number of nitrogens with zero attached hydrogens (tertiary/aromatic N) is 2. The van der Waals surface area contributed by atoms with Crippen LogP contribution < -0.4 is 10.2 Å². The Balaban J connectivity index is 1.36. The second kappa shape index (κ2) is 7.85. The molecule has 0 unspecified atom stereocenters. The van der Waals surface area contributed by atoms with Crippen molar-refractivity contribution in [2.75, 3.05) is 16.8 Å². The van der Waals surface area contributed by atoms with E-state index < -0.39 is 0 Å². The Morgan fingerprint density at radius 3 is 2.80 bits per heavy atom. The van der Waals surface area contributed by atoms with Crippen molar-refractivity contribution < 1.29 is 9.59 Å². The molecule has 1 aliphatic carbocycles. The summed E-state index contributed by atoms with van der Waals surface area (Å²) in [4.78, 5) is 31.6. The molecule has 2 aliphatic rings. The normalized spacial score (nSPS) is 15.6. The Morgan fingerprint density at radius 1 is 1.17 bits per heavy atom. The fraction of sp³-hybridized carbons (Fsp3) is 0.261. The van der Waals surface area contributed by atoms with Crippen LogP contribution in [0.5, 0.6) is 0 Å². The molecule has 1 saturated carbocycles. The lowest BCUT2D eigenvalue weighted by atomic mass is 9.98. The Hall–Kier alpha value is -2.70. The van der Waals surface area contributed by atoms with E-state index in [2.05, 4.69) is 16.4 Å². The molecule has 30 heavy (non-hydrogen) atoms. The third kappa shape index (κ3) is 3.73. The topological polar surface area (TPSA) is 62.3 Å². The molecule has 1 fully saturated rings. The molecular formula is C23H20ClN3O2S. The number of hydrogen-bond acceptors (Lipinski definition) is 4. The van der Waals surface area contributed by atoms with Crippen LogP contribution in [0.15, 0.2) is 47.8 Å². The van der Waals surface area contributed by atoms with Crippen LogP contribution in [0.3, 0.4) is 0 Å². The number of aromatic nitrogens is 1. The fourth-order valence-corrected chi connectivity index (χ4v) is 4.75. The Labute approximate surface area is 183 Å². The first-order chi connectivity index (χ1) is 14.6. The van der Waals surface area contributed by atoms with Crippen LogP contribution in [0.4, 0.5) is 10.8 Å². The van der Waals surface area contributed by atoms with Gasteiger partial charge in [0.05, 0.1) is 16.3 Å². The van der Waals surface area contributed by atoms with Crippen molar-refractivity contribution in [2.24, 2.45) is 5.92 Å². The van der Waals surface area contributed by atoms with Crippen molar-refractivity contribution in [1.82, 2.24) is 4.98 Å². The molecule has 3 aromatic rings. The smallest absolute Gasteiger partial charge is 0.258 e. The molecule has 0 spiro atoms. The Kier molecular flexibility index (Phi) is 5.05. The highest BCUT2D eigenvalue weighted by Crippen LogP contribution is 2.37. The lowest BCUT2D eigenvalue weighted by Gasteiger charge is -2.30. The molecule has 0 bridgehead atoms. The number of carbonyl (C=O) groups is 2. The number of halogens is 1. The minimum absolute atomic E-state index is 0.221. The van der Waals surface area contributed by atoms with Crippen LogP contribution in [0, 0.1) is 5.92 Å². The standard InChI is InChI=1S/C23H20ClN3O2S/c24-18-6-2-1-5-17(18)21(28)26-23-25-19(13-30-23)15-9-10-20-16(12-15)4-3-11-27(20)22(29)14-7-8-14/h1-2,5-6,9-10,12-14H,3-4,7-8,11H2,(H,25,26,28). The van der Waals surface area contributed by atoms with E-state index in [4.69, 9.17) is 11.6 Å². The highest BCUT2D eigenvalue weighted by molar-refractivity contribution is 7.14. The lowest BCUT2D eigenvalue weighted by Crippen LogP contribution is -2.36. The van der Waals surface area contributed by atoms with E-state index in [-0.39, 0.29) is 17.7 Å². The SMILES string of the molecule is O=C(Nc1nc(-c2ccc3c(c2)CCCN3C(=O)C2CC2)cs1)c1ccccc1Cl. The molecular weight excluding hydrogens is 418 g/mol. The average molecular weight is 438 g/mol. The maximum Gasteiger partial charge on any atom is 0.258 e. The second-order valence-electron chi connectivity index (χ2n) is 7.68. The summed E-state index contributed by atoms with van der Waals surface area (Å²) in [5.74, 6) is 0.210. The molecule has 2 heterocycles. The maximum atomic E-state index is 12.6. The number of rotatable bonds is 4. The highest BCUT2D eigenvalue weighted by Gasteiger charge is 2.35. The molecule has 0 saturated heterocycles. The third-order valence-electron chi connectivity index (χ3n) is 5.53. The molecule has 7 heteroatoms. The van der Waals surface area contributed by atoms with Crippen molar-refractivity contribution in [3.63, 3.8) is 0 Å². The first kappa shape index (κ1) is 19.3. The molecule has 2 aromatic carbocycles. The fourth-order valence-electron chi connectivity index (χ4n) is 3.81. The number of nitrogens with one attached hydrogen (secondary N) is 1. The Bertz CT molecular complexity index is 1140. The summed E-state index contributed by atoms with van der Waals surface area (Å²) in [5, 5.41) is 5.69. The van der Waals surface area contributed by atoms with E-state index in [0.717, 1.165) is 49.2 Å². The number of thiazole rings is 1. The number of fused-ring (bicyclic) bond motifs is 1. The molecule has 1 aliphatic heterocycles. The number of aryl methyl sites for hydroxylation is 1. The summed E-state index contributed by atoms with van der Waals surface area (Å²) in [5.41, 5.74) is 4.43. The number of carbonyl (C=O) groups excluding carboxylic acids is 2. The predicted octanol–water partition coefficient (Wildman–Crippen LogP) is 5.41. The zero-order chi connectivity index (χ0) is 20.7. The van der Waals surface area contributed by atoms with E-state index in [0.29, 0.717) is 15.7 Å². The van der Waals surface area contributed by atoms with E-state index >= 15 is 0 Å². The summed E-state index contributed by atoms with van der Waals surface area (Å²) < 4.78 is 0. The van der Waals surface area contributed by atoms with Crippen molar-refractivity contribution >= 4 is 45.6 Å². The van der Waals surface area contributed by atoms with Crippen molar-refractivity contribution in [3.05, 3.63) is 64.0 Å². The number of anilines is 2. The van der Waals surface area contributed by atoms with Crippen LogP contribution in [0.25, 0.3) is 11.3 Å². The molecule has 5 nitrogen and oxygen atoms in total.